The number of carbonyl (C=O) groups excluding carboxylic acids is 2. The van der Waals surface area contributed by atoms with Gasteiger partial charge in [-0.1, -0.05) is 0 Å². The van der Waals surface area contributed by atoms with E-state index in [2.05, 4.69) is 5.32 Å². The van der Waals surface area contributed by atoms with Crippen LogP contribution in [0.4, 0.5) is 0 Å². The molecule has 0 spiro atoms. The third kappa shape index (κ3) is 7.54. The molecule has 0 rings (SSSR count). The summed E-state index contributed by atoms with van der Waals surface area (Å²) < 4.78 is 5.52. The molecule has 4 nitrogen and oxygen atoms in total. The molecule has 2 amide bonds. The van der Waals surface area contributed by atoms with Crippen molar-refractivity contribution in [1.29, 1.82) is 0 Å². The van der Waals surface area contributed by atoms with Crippen LogP contribution in [-0.2, 0) is 14.0 Å². The highest BCUT2D eigenvalue weighted by Crippen LogP contribution is 2.08. The summed E-state index contributed by atoms with van der Waals surface area (Å²) in [4.78, 5) is 21.6. The Bertz CT molecular complexity index is 266. The van der Waals surface area contributed by atoms with Crippen molar-refractivity contribution >= 4 is 20.1 Å². The Labute approximate surface area is 85.5 Å². The second-order valence-electron chi connectivity index (χ2n) is 4.01. The van der Waals surface area contributed by atoms with Gasteiger partial charge < -0.3 is 4.43 Å². The minimum absolute atomic E-state index is 0.368. The maximum atomic E-state index is 11.1. The second-order valence-corrected chi connectivity index (χ2v) is 8.44. The van der Waals surface area contributed by atoms with Gasteiger partial charge in [0.25, 0.3) is 5.91 Å². The van der Waals surface area contributed by atoms with Crippen LogP contribution in [0.5, 0.6) is 0 Å². The maximum absolute atomic E-state index is 11.1. The van der Waals surface area contributed by atoms with Gasteiger partial charge in [0.05, 0.1) is 5.76 Å². The van der Waals surface area contributed by atoms with E-state index in [0.717, 1.165) is 0 Å². The molecule has 0 aromatic heterocycles. The summed E-state index contributed by atoms with van der Waals surface area (Å²) >= 11 is 0. The Morgan fingerprint density at radius 2 is 1.71 bits per heavy atom. The highest BCUT2D eigenvalue weighted by molar-refractivity contribution is 6.70. The number of carbonyl (C=O) groups is 2. The second kappa shape index (κ2) is 4.95. The lowest BCUT2D eigenvalue weighted by Gasteiger charge is -2.19. The number of rotatable bonds is 3. The predicted octanol–water partition coefficient (Wildman–Crippen LogP) is 1.40. The Balaban J connectivity index is 4.24. The van der Waals surface area contributed by atoms with Crippen LogP contribution in [0.3, 0.4) is 0 Å². The van der Waals surface area contributed by atoms with E-state index >= 15 is 0 Å². The highest BCUT2D eigenvalue weighted by atomic mass is 28.4. The van der Waals surface area contributed by atoms with E-state index in [-0.39, 0.29) is 5.91 Å². The first-order valence-electron chi connectivity index (χ1n) is 4.39. The monoisotopic (exact) mass is 215 g/mol. The molecule has 0 saturated carbocycles. The number of allylic oxidation sites excluding steroid dienone is 1. The van der Waals surface area contributed by atoms with Gasteiger partial charge in [-0.3, -0.25) is 14.9 Å². The van der Waals surface area contributed by atoms with Gasteiger partial charge >= 0.3 is 0 Å². The first-order chi connectivity index (χ1) is 6.20. The van der Waals surface area contributed by atoms with Crippen LogP contribution < -0.4 is 5.32 Å². The van der Waals surface area contributed by atoms with E-state index in [1.54, 1.807) is 6.92 Å². The summed E-state index contributed by atoms with van der Waals surface area (Å²) in [5, 5.41) is 2.14. The molecule has 0 aromatic carbocycles. The maximum Gasteiger partial charge on any atom is 0.253 e. The fourth-order valence-corrected chi connectivity index (χ4v) is 1.93. The molecule has 0 saturated heterocycles. The minimum atomic E-state index is -1.66. The van der Waals surface area contributed by atoms with Gasteiger partial charge in [0.1, 0.15) is 0 Å². The third-order valence-electron chi connectivity index (χ3n) is 1.10. The van der Waals surface area contributed by atoms with Crippen molar-refractivity contribution < 1.29 is 14.0 Å². The number of hydrogen-bond donors (Lipinski definition) is 1. The van der Waals surface area contributed by atoms with E-state index in [0.29, 0.717) is 5.76 Å². The zero-order chi connectivity index (χ0) is 11.4. The largest absolute Gasteiger partial charge is 0.547 e. The fourth-order valence-electron chi connectivity index (χ4n) is 0.907. The Kier molecular flexibility index (Phi) is 4.56. The van der Waals surface area contributed by atoms with Crippen molar-refractivity contribution in [1.82, 2.24) is 5.32 Å². The van der Waals surface area contributed by atoms with Crippen LogP contribution in [0.1, 0.15) is 13.8 Å². The normalized spacial score (nSPS) is 12.2. The topological polar surface area (TPSA) is 55.4 Å². The van der Waals surface area contributed by atoms with Crippen molar-refractivity contribution in [2.75, 3.05) is 0 Å². The Morgan fingerprint density at radius 1 is 1.21 bits per heavy atom. The third-order valence-corrected chi connectivity index (χ3v) is 2.04. The van der Waals surface area contributed by atoms with E-state index in [4.69, 9.17) is 4.43 Å². The first kappa shape index (κ1) is 12.9. The smallest absolute Gasteiger partial charge is 0.253 e. The van der Waals surface area contributed by atoms with Gasteiger partial charge in [-0.15, -0.1) is 0 Å². The molecule has 0 atom stereocenters. The quantitative estimate of drug-likeness (QED) is 0.440. The number of nitrogens with one attached hydrogen (secondary N) is 1. The van der Waals surface area contributed by atoms with E-state index < -0.39 is 14.2 Å². The summed E-state index contributed by atoms with van der Waals surface area (Å²) in [5.41, 5.74) is 0. The molecule has 14 heavy (non-hydrogen) atoms. The summed E-state index contributed by atoms with van der Waals surface area (Å²) in [7, 11) is -1.66. The van der Waals surface area contributed by atoms with Gasteiger partial charge in [0, 0.05) is 13.0 Å². The van der Waals surface area contributed by atoms with Crippen LogP contribution >= 0.6 is 0 Å². The molecule has 0 aliphatic heterocycles. The highest BCUT2D eigenvalue weighted by Gasteiger charge is 2.16. The molecular formula is C9H17NO3Si. The lowest BCUT2D eigenvalue weighted by atomic mass is 10.4. The zero-order valence-electron chi connectivity index (χ0n) is 9.30. The first-order valence-corrected chi connectivity index (χ1v) is 7.80. The number of amides is 2. The van der Waals surface area contributed by atoms with Crippen LogP contribution in [0.2, 0.25) is 19.6 Å². The van der Waals surface area contributed by atoms with Crippen LogP contribution in [0.25, 0.3) is 0 Å². The summed E-state index contributed by atoms with van der Waals surface area (Å²) in [5.74, 6) is -0.261. The Morgan fingerprint density at radius 3 is 2.07 bits per heavy atom. The van der Waals surface area contributed by atoms with Gasteiger partial charge in [-0.25, -0.2) is 0 Å². The molecule has 1 N–H and O–H groups in total. The van der Waals surface area contributed by atoms with Crippen LogP contribution in [-0.4, -0.2) is 20.1 Å². The standard InChI is InChI=1S/C9H17NO3Si/c1-7(13-14(3,4)5)6-9(12)10-8(2)11/h6H,1-5H3,(H,10,11,12). The zero-order valence-corrected chi connectivity index (χ0v) is 10.3. The molecule has 0 aliphatic rings. The average Bonchev–Trinajstić information content (AvgIpc) is 1.77. The number of imide groups is 1. The van der Waals surface area contributed by atoms with Crippen LogP contribution in [0.15, 0.2) is 11.8 Å². The minimum Gasteiger partial charge on any atom is -0.547 e. The molecule has 0 radical (unpaired) electrons. The number of hydrogen-bond acceptors (Lipinski definition) is 3. The molecule has 5 heteroatoms. The summed E-state index contributed by atoms with van der Waals surface area (Å²) in [6.07, 6.45) is 1.29. The molecule has 80 valence electrons. The molecule has 0 aliphatic carbocycles. The summed E-state index contributed by atoms with van der Waals surface area (Å²) in [6.45, 7) is 9.06. The summed E-state index contributed by atoms with van der Waals surface area (Å²) in [6, 6.07) is 0. The average molecular weight is 215 g/mol. The van der Waals surface area contributed by atoms with E-state index in [1.807, 2.05) is 19.6 Å². The van der Waals surface area contributed by atoms with Gasteiger partial charge in [-0.2, -0.15) is 0 Å². The van der Waals surface area contributed by atoms with E-state index in [9.17, 15) is 9.59 Å². The fraction of sp³-hybridized carbons (Fsp3) is 0.556. The predicted molar refractivity (Wildman–Crippen MR) is 57.0 cm³/mol. The molecular weight excluding hydrogens is 198 g/mol. The molecule has 0 fully saturated rings. The molecule has 0 aromatic rings. The van der Waals surface area contributed by atoms with Crippen LogP contribution in [0, 0.1) is 0 Å². The molecule has 0 heterocycles. The molecule has 0 bridgehead atoms. The van der Waals surface area contributed by atoms with Gasteiger partial charge in [0.2, 0.25) is 14.2 Å². The lowest BCUT2D eigenvalue weighted by Crippen LogP contribution is -2.28. The van der Waals surface area contributed by atoms with Crippen molar-refractivity contribution in [2.45, 2.75) is 33.5 Å². The SMILES string of the molecule is CC(=O)NC(=O)C=C(C)O[Si](C)(C)C. The Hall–Kier alpha value is -1.10. The van der Waals surface area contributed by atoms with Crippen molar-refractivity contribution in [2.24, 2.45) is 0 Å². The lowest BCUT2D eigenvalue weighted by molar-refractivity contribution is -0.126. The van der Waals surface area contributed by atoms with Crippen molar-refractivity contribution in [3.63, 3.8) is 0 Å². The van der Waals surface area contributed by atoms with E-state index in [1.165, 1.54) is 13.0 Å². The van der Waals surface area contributed by atoms with Gasteiger partial charge in [0.15, 0.2) is 0 Å². The van der Waals surface area contributed by atoms with Crippen molar-refractivity contribution in [3.05, 3.63) is 11.8 Å². The molecule has 0 unspecified atom stereocenters. The van der Waals surface area contributed by atoms with Gasteiger partial charge in [-0.05, 0) is 26.6 Å². The van der Waals surface area contributed by atoms with Crippen molar-refractivity contribution in [3.8, 4) is 0 Å².